The lowest BCUT2D eigenvalue weighted by Crippen LogP contribution is -2.10. The molecule has 35 heavy (non-hydrogen) atoms. The molecule has 0 fully saturated rings. The molecule has 4 aromatic carbocycles. The zero-order valence-electron chi connectivity index (χ0n) is 19.1. The second-order valence-electron chi connectivity index (χ2n) is 7.84. The molecule has 0 bridgehead atoms. The minimum absolute atomic E-state index is 0.0565. The van der Waals surface area contributed by atoms with Crippen LogP contribution in [0.2, 0.25) is 0 Å². The molecule has 2 atom stereocenters. The molecule has 2 unspecified atom stereocenters. The van der Waals surface area contributed by atoms with E-state index < -0.39 is 5.25 Å². The Kier molecular flexibility index (Phi) is 8.75. The maximum absolute atomic E-state index is 13.6. The SMILES string of the molecule is Cc1cc(OCc2ccccc2)cc(SC(C(=O)c2ccc(OSP)cc2)c2ccccc2)c1O. The third kappa shape index (κ3) is 6.61. The first-order valence-electron chi connectivity index (χ1n) is 10.9. The van der Waals surface area contributed by atoms with E-state index in [9.17, 15) is 9.90 Å². The van der Waals surface area contributed by atoms with Crippen molar-refractivity contribution in [3.63, 3.8) is 0 Å². The van der Waals surface area contributed by atoms with E-state index in [1.54, 1.807) is 30.3 Å². The van der Waals surface area contributed by atoms with Crippen molar-refractivity contribution in [2.75, 3.05) is 0 Å². The number of Topliss-reactive ketones (excluding diaryl/α,β-unsaturated/α-hetero) is 1. The smallest absolute Gasteiger partial charge is 0.180 e. The minimum atomic E-state index is -0.547. The van der Waals surface area contributed by atoms with Gasteiger partial charge in [0.15, 0.2) is 5.78 Å². The van der Waals surface area contributed by atoms with Crippen molar-refractivity contribution in [1.29, 1.82) is 0 Å². The van der Waals surface area contributed by atoms with Crippen LogP contribution in [-0.4, -0.2) is 10.9 Å². The van der Waals surface area contributed by atoms with E-state index in [1.807, 2.05) is 73.7 Å². The fraction of sp³-hybridized carbons (Fsp3) is 0.107. The molecule has 178 valence electrons. The Morgan fingerprint density at radius 3 is 2.23 bits per heavy atom. The molecule has 4 nitrogen and oxygen atoms in total. The number of aromatic hydroxyl groups is 1. The lowest BCUT2D eigenvalue weighted by molar-refractivity contribution is 0.0989. The summed E-state index contributed by atoms with van der Waals surface area (Å²) in [6.07, 6.45) is 0. The highest BCUT2D eigenvalue weighted by molar-refractivity contribution is 8.41. The monoisotopic (exact) mass is 520 g/mol. The van der Waals surface area contributed by atoms with Crippen molar-refractivity contribution in [2.24, 2.45) is 0 Å². The van der Waals surface area contributed by atoms with E-state index in [0.717, 1.165) is 11.1 Å². The second-order valence-corrected chi connectivity index (χ2v) is 9.92. The van der Waals surface area contributed by atoms with E-state index in [2.05, 4.69) is 8.44 Å². The molecule has 0 saturated carbocycles. The van der Waals surface area contributed by atoms with Gasteiger partial charge in [-0.25, -0.2) is 0 Å². The van der Waals surface area contributed by atoms with Gasteiger partial charge in [0.2, 0.25) is 0 Å². The maximum Gasteiger partial charge on any atom is 0.180 e. The van der Waals surface area contributed by atoms with Gasteiger partial charge in [0, 0.05) is 5.56 Å². The summed E-state index contributed by atoms with van der Waals surface area (Å²) in [5.74, 6) is 1.40. The molecule has 0 heterocycles. The van der Waals surface area contributed by atoms with Crippen LogP contribution in [0.15, 0.2) is 102 Å². The van der Waals surface area contributed by atoms with Gasteiger partial charge in [-0.15, -0.1) is 11.8 Å². The molecular weight excluding hydrogens is 495 g/mol. The largest absolute Gasteiger partial charge is 0.506 e. The van der Waals surface area contributed by atoms with Crippen molar-refractivity contribution in [1.82, 2.24) is 0 Å². The van der Waals surface area contributed by atoms with Crippen LogP contribution in [0, 0.1) is 6.92 Å². The quantitative estimate of drug-likeness (QED) is 0.0996. The van der Waals surface area contributed by atoms with Crippen LogP contribution in [0.4, 0.5) is 0 Å². The number of ketones is 1. The summed E-state index contributed by atoms with van der Waals surface area (Å²) in [5, 5.41) is 10.3. The summed E-state index contributed by atoms with van der Waals surface area (Å²) in [6, 6.07) is 30.2. The fourth-order valence-electron chi connectivity index (χ4n) is 3.54. The summed E-state index contributed by atoms with van der Waals surface area (Å²) in [7, 11) is 2.43. The number of thioether (sulfide) groups is 1. The molecule has 7 heteroatoms. The molecule has 0 aliphatic carbocycles. The van der Waals surface area contributed by atoms with Gasteiger partial charge < -0.3 is 14.0 Å². The van der Waals surface area contributed by atoms with Crippen molar-refractivity contribution in [3.05, 3.63) is 119 Å². The number of carbonyl (C=O) groups excluding carboxylic acids is 1. The zero-order chi connectivity index (χ0) is 24.6. The first kappa shape index (κ1) is 25.2. The summed E-state index contributed by atoms with van der Waals surface area (Å²) < 4.78 is 11.4. The summed E-state index contributed by atoms with van der Waals surface area (Å²) >= 11 is 2.49. The molecule has 0 aromatic heterocycles. The molecule has 0 aliphatic rings. The lowest BCUT2D eigenvalue weighted by atomic mass is 10.0. The molecular formula is C28H25O4PS2. The number of carbonyl (C=O) groups is 1. The second kappa shape index (κ2) is 12.2. The van der Waals surface area contributed by atoms with Gasteiger partial charge in [-0.3, -0.25) is 4.79 Å². The Morgan fingerprint density at radius 2 is 1.57 bits per heavy atom. The maximum atomic E-state index is 13.6. The average Bonchev–Trinajstić information content (AvgIpc) is 2.90. The van der Waals surface area contributed by atoms with Crippen LogP contribution in [-0.2, 0) is 6.61 Å². The number of aryl methyl sites for hydroxylation is 1. The molecule has 4 aromatic rings. The third-order valence-electron chi connectivity index (χ3n) is 5.36. The van der Waals surface area contributed by atoms with E-state index in [0.29, 0.717) is 34.1 Å². The Bertz CT molecular complexity index is 1270. The highest BCUT2D eigenvalue weighted by Gasteiger charge is 2.25. The minimum Gasteiger partial charge on any atom is -0.506 e. The predicted octanol–water partition coefficient (Wildman–Crippen LogP) is 7.81. The summed E-state index contributed by atoms with van der Waals surface area (Å²) in [6.45, 7) is 2.25. The summed E-state index contributed by atoms with van der Waals surface area (Å²) in [5.41, 5.74) is 3.17. The van der Waals surface area contributed by atoms with Gasteiger partial charge >= 0.3 is 0 Å². The van der Waals surface area contributed by atoms with Crippen LogP contribution in [0.5, 0.6) is 17.2 Å². The Hall–Kier alpha value is -2.92. The standard InChI is InChI=1S/C28H25O4PS2/c1-19-16-24(31-18-20-8-4-2-5-9-20)17-25(26(19)29)34-28(22-10-6-3-7-11-22)27(30)21-12-14-23(15-13-21)32-35-33/h2-17,28-29H,18,33H2,1H3. The van der Waals surface area contributed by atoms with Gasteiger partial charge in [0.05, 0.1) is 21.8 Å². The van der Waals surface area contributed by atoms with Crippen LogP contribution in [0.3, 0.4) is 0 Å². The van der Waals surface area contributed by atoms with Gasteiger partial charge in [-0.1, -0.05) is 60.7 Å². The highest BCUT2D eigenvalue weighted by atomic mass is 32.7. The van der Waals surface area contributed by atoms with Crippen molar-refractivity contribution in [3.8, 4) is 17.2 Å². The third-order valence-corrected chi connectivity index (χ3v) is 7.22. The Morgan fingerprint density at radius 1 is 0.914 bits per heavy atom. The average molecular weight is 521 g/mol. The number of hydrogen-bond donors (Lipinski definition) is 1. The van der Waals surface area contributed by atoms with Gasteiger partial charge in [0.25, 0.3) is 0 Å². The van der Waals surface area contributed by atoms with Crippen molar-refractivity contribution in [2.45, 2.75) is 23.7 Å². The van der Waals surface area contributed by atoms with Gasteiger partial charge in [0.1, 0.15) is 23.9 Å². The number of rotatable bonds is 10. The molecule has 0 saturated heterocycles. The molecule has 0 spiro atoms. The lowest BCUT2D eigenvalue weighted by Gasteiger charge is -2.19. The first-order valence-corrected chi connectivity index (χ1v) is 14.0. The molecule has 0 radical (unpaired) electrons. The zero-order valence-corrected chi connectivity index (χ0v) is 21.9. The van der Waals surface area contributed by atoms with Gasteiger partial charge in [-0.2, -0.15) is 0 Å². The van der Waals surface area contributed by atoms with Gasteiger partial charge in [-0.05, 0) is 68.5 Å². The molecule has 1 N–H and O–H groups in total. The van der Waals surface area contributed by atoms with E-state index in [1.165, 1.54) is 23.4 Å². The van der Waals surface area contributed by atoms with Crippen molar-refractivity contribution >= 4 is 37.6 Å². The number of phenolic OH excluding ortho intramolecular Hbond substituents is 1. The van der Waals surface area contributed by atoms with Crippen LogP contribution >= 0.6 is 31.9 Å². The van der Waals surface area contributed by atoms with E-state index in [-0.39, 0.29) is 11.5 Å². The van der Waals surface area contributed by atoms with Crippen LogP contribution in [0.1, 0.15) is 32.3 Å². The van der Waals surface area contributed by atoms with Crippen LogP contribution in [0.25, 0.3) is 0 Å². The number of benzene rings is 4. The van der Waals surface area contributed by atoms with Crippen LogP contribution < -0.4 is 8.92 Å². The number of ether oxygens (including phenoxy) is 1. The Balaban J connectivity index is 1.62. The van der Waals surface area contributed by atoms with E-state index >= 15 is 0 Å². The molecule has 4 rings (SSSR count). The fourth-order valence-corrected chi connectivity index (χ4v) is 5.34. The number of hydrogen-bond acceptors (Lipinski definition) is 6. The van der Waals surface area contributed by atoms with E-state index in [4.69, 9.17) is 8.92 Å². The number of phenols is 1. The first-order chi connectivity index (χ1) is 17.0. The predicted molar refractivity (Wildman–Crippen MR) is 147 cm³/mol. The summed E-state index contributed by atoms with van der Waals surface area (Å²) in [4.78, 5) is 14.2. The molecule has 0 aliphatic heterocycles. The highest BCUT2D eigenvalue weighted by Crippen LogP contribution is 2.44. The van der Waals surface area contributed by atoms with Crippen molar-refractivity contribution < 1.29 is 18.8 Å². The Labute approximate surface area is 216 Å². The topological polar surface area (TPSA) is 55.8 Å². The molecule has 0 amide bonds. The normalized spacial score (nSPS) is 11.6.